The van der Waals surface area contributed by atoms with Gasteiger partial charge in [-0.2, -0.15) is 8.78 Å². The Labute approximate surface area is 101 Å². The first kappa shape index (κ1) is 14.1. The van der Waals surface area contributed by atoms with Crippen LogP contribution < -0.4 is 10.5 Å². The summed E-state index contributed by atoms with van der Waals surface area (Å²) >= 11 is 0. The molecule has 4 nitrogen and oxygen atoms in total. The van der Waals surface area contributed by atoms with Gasteiger partial charge in [-0.05, 0) is 13.0 Å². The summed E-state index contributed by atoms with van der Waals surface area (Å²) in [6.45, 7) is -1.45. The zero-order valence-corrected chi connectivity index (χ0v) is 9.58. The number of nitrogens with two attached hydrogens (primary N) is 1. The normalized spacial score (nSPS) is 10.5. The van der Waals surface area contributed by atoms with Crippen LogP contribution in [-0.2, 0) is 16.0 Å². The van der Waals surface area contributed by atoms with Crippen LogP contribution in [0.25, 0.3) is 0 Å². The van der Waals surface area contributed by atoms with Gasteiger partial charge in [0.2, 0.25) is 0 Å². The third kappa shape index (κ3) is 3.54. The molecule has 1 rings (SSSR count). The van der Waals surface area contributed by atoms with Crippen LogP contribution in [0.3, 0.4) is 0 Å². The molecular weight excluding hydrogens is 251 g/mol. The summed E-state index contributed by atoms with van der Waals surface area (Å²) < 4.78 is 46.5. The van der Waals surface area contributed by atoms with E-state index >= 15 is 0 Å². The zero-order valence-electron chi connectivity index (χ0n) is 9.58. The van der Waals surface area contributed by atoms with Crippen LogP contribution in [0.4, 0.5) is 18.9 Å². The number of rotatable bonds is 5. The van der Waals surface area contributed by atoms with Crippen molar-refractivity contribution in [3.05, 3.63) is 23.5 Å². The minimum Gasteiger partial charge on any atom is -0.466 e. The highest BCUT2D eigenvalue weighted by Crippen LogP contribution is 2.29. The van der Waals surface area contributed by atoms with Crippen molar-refractivity contribution in [2.45, 2.75) is 20.0 Å². The van der Waals surface area contributed by atoms with Gasteiger partial charge in [0.15, 0.2) is 11.6 Å². The monoisotopic (exact) mass is 263 g/mol. The number of nitrogen functional groups attached to an aromatic ring is 1. The van der Waals surface area contributed by atoms with E-state index in [-0.39, 0.29) is 24.3 Å². The Bertz CT molecular complexity index is 438. The van der Waals surface area contributed by atoms with Crippen molar-refractivity contribution < 1.29 is 27.4 Å². The number of halogens is 3. The Morgan fingerprint density at radius 2 is 2.11 bits per heavy atom. The lowest BCUT2D eigenvalue weighted by molar-refractivity contribution is -0.142. The number of carbonyl (C=O) groups excluding carboxylic acids is 1. The standard InChI is InChI=1S/C11H12F3NO3/c1-2-17-8(16)5-6-3-4-7(15)10(9(6)12)18-11(13)14/h3-4,11H,2,5,15H2,1H3. The van der Waals surface area contributed by atoms with Gasteiger partial charge in [-0.1, -0.05) is 6.07 Å². The lowest BCUT2D eigenvalue weighted by Gasteiger charge is -2.11. The summed E-state index contributed by atoms with van der Waals surface area (Å²) in [5, 5.41) is 0. The molecule has 0 aliphatic rings. The molecule has 0 aliphatic heterocycles. The first-order chi connectivity index (χ1) is 8.45. The number of hydrogen-bond acceptors (Lipinski definition) is 4. The van der Waals surface area contributed by atoms with E-state index in [2.05, 4.69) is 9.47 Å². The number of carbonyl (C=O) groups is 1. The molecule has 1 aromatic carbocycles. The lowest BCUT2D eigenvalue weighted by atomic mass is 10.1. The highest BCUT2D eigenvalue weighted by molar-refractivity contribution is 5.73. The van der Waals surface area contributed by atoms with Gasteiger partial charge in [0.1, 0.15) is 0 Å². The molecular formula is C11H12F3NO3. The molecule has 2 N–H and O–H groups in total. The fraction of sp³-hybridized carbons (Fsp3) is 0.364. The van der Waals surface area contributed by atoms with E-state index in [0.29, 0.717) is 0 Å². The lowest BCUT2D eigenvalue weighted by Crippen LogP contribution is -2.12. The highest BCUT2D eigenvalue weighted by Gasteiger charge is 2.18. The molecule has 0 heterocycles. The molecule has 0 bridgehead atoms. The Balaban J connectivity index is 2.97. The van der Waals surface area contributed by atoms with Crippen LogP contribution in [-0.4, -0.2) is 19.2 Å². The van der Waals surface area contributed by atoms with E-state index in [4.69, 9.17) is 5.73 Å². The number of benzene rings is 1. The first-order valence-electron chi connectivity index (χ1n) is 5.13. The fourth-order valence-electron chi connectivity index (χ4n) is 1.32. The van der Waals surface area contributed by atoms with Gasteiger partial charge >= 0.3 is 12.6 Å². The Kier molecular flexibility index (Phi) is 4.82. The molecule has 0 saturated heterocycles. The van der Waals surface area contributed by atoms with Crippen LogP contribution in [0.1, 0.15) is 12.5 Å². The third-order valence-electron chi connectivity index (χ3n) is 2.05. The maximum Gasteiger partial charge on any atom is 0.387 e. The number of alkyl halides is 2. The molecule has 18 heavy (non-hydrogen) atoms. The molecule has 0 amide bonds. The molecule has 100 valence electrons. The van der Waals surface area contributed by atoms with Gasteiger partial charge in [0.25, 0.3) is 0 Å². The Morgan fingerprint density at radius 1 is 1.44 bits per heavy atom. The predicted octanol–water partition coefficient (Wildman–Crippen LogP) is 2.11. The van der Waals surface area contributed by atoms with Crippen LogP contribution in [0, 0.1) is 5.82 Å². The van der Waals surface area contributed by atoms with E-state index < -0.39 is 24.1 Å². The van der Waals surface area contributed by atoms with E-state index in [0.717, 1.165) is 0 Å². The maximum absolute atomic E-state index is 13.7. The Morgan fingerprint density at radius 3 is 2.67 bits per heavy atom. The molecule has 0 unspecified atom stereocenters. The van der Waals surface area contributed by atoms with E-state index in [1.54, 1.807) is 6.92 Å². The van der Waals surface area contributed by atoms with Gasteiger partial charge in [-0.15, -0.1) is 0 Å². The van der Waals surface area contributed by atoms with Crippen molar-refractivity contribution in [2.24, 2.45) is 0 Å². The van der Waals surface area contributed by atoms with Crippen molar-refractivity contribution in [3.8, 4) is 5.75 Å². The molecule has 0 fully saturated rings. The average molecular weight is 263 g/mol. The number of ether oxygens (including phenoxy) is 2. The minimum absolute atomic E-state index is 0.113. The quantitative estimate of drug-likeness (QED) is 0.653. The SMILES string of the molecule is CCOC(=O)Cc1ccc(N)c(OC(F)F)c1F. The van der Waals surface area contributed by atoms with Crippen LogP contribution in [0.15, 0.2) is 12.1 Å². The second-order valence-corrected chi connectivity index (χ2v) is 3.32. The summed E-state index contributed by atoms with van der Waals surface area (Å²) in [7, 11) is 0. The molecule has 1 aromatic rings. The predicted molar refractivity (Wildman–Crippen MR) is 57.8 cm³/mol. The molecule has 0 radical (unpaired) electrons. The summed E-state index contributed by atoms with van der Waals surface area (Å²) in [5.74, 6) is -2.50. The van der Waals surface area contributed by atoms with E-state index in [9.17, 15) is 18.0 Å². The fourth-order valence-corrected chi connectivity index (χ4v) is 1.32. The molecule has 0 aliphatic carbocycles. The largest absolute Gasteiger partial charge is 0.466 e. The minimum atomic E-state index is -3.19. The van der Waals surface area contributed by atoms with E-state index in [1.807, 2.05) is 0 Å². The van der Waals surface area contributed by atoms with Crippen molar-refractivity contribution in [3.63, 3.8) is 0 Å². The van der Waals surface area contributed by atoms with Crippen molar-refractivity contribution >= 4 is 11.7 Å². The van der Waals surface area contributed by atoms with Gasteiger partial charge in [0, 0.05) is 5.56 Å². The maximum atomic E-state index is 13.7. The van der Waals surface area contributed by atoms with Gasteiger partial charge in [0.05, 0.1) is 18.7 Å². The molecule has 7 heteroatoms. The molecule has 0 atom stereocenters. The number of hydrogen-bond donors (Lipinski definition) is 1. The molecule has 0 saturated carbocycles. The summed E-state index contributed by atoms with van der Waals surface area (Å²) in [6, 6.07) is 2.41. The van der Waals surface area contributed by atoms with Gasteiger partial charge < -0.3 is 15.2 Å². The Hall–Kier alpha value is -1.92. The second kappa shape index (κ2) is 6.13. The van der Waals surface area contributed by atoms with Crippen LogP contribution in [0.2, 0.25) is 0 Å². The van der Waals surface area contributed by atoms with Crippen LogP contribution >= 0.6 is 0 Å². The highest BCUT2D eigenvalue weighted by atomic mass is 19.3. The van der Waals surface area contributed by atoms with Crippen molar-refractivity contribution in [1.82, 2.24) is 0 Å². The van der Waals surface area contributed by atoms with Crippen molar-refractivity contribution in [2.75, 3.05) is 12.3 Å². The summed E-state index contributed by atoms with van der Waals surface area (Å²) in [5.41, 5.74) is 4.94. The smallest absolute Gasteiger partial charge is 0.387 e. The first-order valence-corrected chi connectivity index (χ1v) is 5.13. The van der Waals surface area contributed by atoms with Gasteiger partial charge in [-0.3, -0.25) is 4.79 Å². The second-order valence-electron chi connectivity index (χ2n) is 3.32. The van der Waals surface area contributed by atoms with Crippen LogP contribution in [0.5, 0.6) is 5.75 Å². The number of anilines is 1. The molecule has 0 aromatic heterocycles. The van der Waals surface area contributed by atoms with Gasteiger partial charge in [-0.25, -0.2) is 4.39 Å². The zero-order chi connectivity index (χ0) is 13.7. The summed E-state index contributed by atoms with van der Waals surface area (Å²) in [6.07, 6.45) is -0.375. The average Bonchev–Trinajstić information content (AvgIpc) is 2.28. The topological polar surface area (TPSA) is 61.5 Å². The number of esters is 1. The third-order valence-corrected chi connectivity index (χ3v) is 2.05. The van der Waals surface area contributed by atoms with E-state index in [1.165, 1.54) is 12.1 Å². The molecule has 0 spiro atoms. The summed E-state index contributed by atoms with van der Waals surface area (Å²) in [4.78, 5) is 11.2. The van der Waals surface area contributed by atoms with Crippen molar-refractivity contribution in [1.29, 1.82) is 0 Å².